The van der Waals surface area contributed by atoms with Gasteiger partial charge >= 0.3 is 0 Å². The van der Waals surface area contributed by atoms with Crippen molar-refractivity contribution in [2.24, 2.45) is 0 Å². The Balaban J connectivity index is 1.41. The molecule has 0 atom stereocenters. The molecule has 5 nitrogen and oxygen atoms in total. The molecule has 0 radical (unpaired) electrons. The predicted molar refractivity (Wildman–Crippen MR) is 141 cm³/mol. The normalized spacial score (nSPS) is 15.6. The molecule has 1 aliphatic heterocycles. The highest BCUT2D eigenvalue weighted by molar-refractivity contribution is 6.34. The highest BCUT2D eigenvalue weighted by Crippen LogP contribution is 2.37. The average molecular weight is 474 g/mol. The molecule has 0 saturated carbocycles. The molecule has 0 amide bonds. The Hall–Kier alpha value is -2.89. The molecular weight excluding hydrogens is 442 g/mol. The van der Waals surface area contributed by atoms with Crippen molar-refractivity contribution >= 4 is 28.5 Å². The van der Waals surface area contributed by atoms with Crippen LogP contribution in [-0.2, 0) is 6.54 Å². The lowest BCUT2D eigenvalue weighted by Gasteiger charge is -2.40. The zero-order chi connectivity index (χ0) is 23.7. The molecule has 34 heavy (non-hydrogen) atoms. The molecule has 1 aliphatic rings. The zero-order valence-corrected chi connectivity index (χ0v) is 20.9. The summed E-state index contributed by atoms with van der Waals surface area (Å²) in [5, 5.41) is 5.08. The third kappa shape index (κ3) is 4.82. The summed E-state index contributed by atoms with van der Waals surface area (Å²) < 4.78 is 0. The van der Waals surface area contributed by atoms with E-state index < -0.39 is 0 Å². The maximum Gasteiger partial charge on any atom is 0.138 e. The quantitative estimate of drug-likeness (QED) is 0.332. The van der Waals surface area contributed by atoms with Crippen molar-refractivity contribution in [2.45, 2.75) is 51.6 Å². The van der Waals surface area contributed by atoms with Crippen LogP contribution in [0.1, 0.15) is 50.8 Å². The van der Waals surface area contributed by atoms with Crippen molar-refractivity contribution < 1.29 is 0 Å². The van der Waals surface area contributed by atoms with Crippen LogP contribution in [0.4, 0.5) is 5.82 Å². The van der Waals surface area contributed by atoms with Gasteiger partial charge in [-0.05, 0) is 70.5 Å². The number of hydrogen-bond acceptors (Lipinski definition) is 4. The molecule has 0 aliphatic carbocycles. The fraction of sp³-hybridized carbons (Fsp3) is 0.357. The van der Waals surface area contributed by atoms with E-state index in [1.54, 1.807) is 6.20 Å². The van der Waals surface area contributed by atoms with Crippen LogP contribution in [-0.4, -0.2) is 38.5 Å². The Kier molecular flexibility index (Phi) is 6.32. The van der Waals surface area contributed by atoms with Gasteiger partial charge in [-0.25, -0.2) is 9.97 Å². The number of anilines is 1. The number of hydrogen-bond donors (Lipinski definition) is 2. The first-order valence-corrected chi connectivity index (χ1v) is 12.4. The molecule has 5 rings (SSSR count). The van der Waals surface area contributed by atoms with Crippen molar-refractivity contribution in [1.82, 2.24) is 19.9 Å². The minimum atomic E-state index is 0.221. The fourth-order valence-electron chi connectivity index (χ4n) is 4.87. The molecule has 176 valence electrons. The number of pyridine rings is 2. The molecule has 0 unspecified atom stereocenters. The maximum absolute atomic E-state index is 6.68. The van der Waals surface area contributed by atoms with E-state index in [4.69, 9.17) is 16.6 Å². The lowest BCUT2D eigenvalue weighted by Crippen LogP contribution is -2.45. The number of nitrogens with one attached hydrogen (secondary N) is 2. The smallest absolute Gasteiger partial charge is 0.138 e. The van der Waals surface area contributed by atoms with E-state index in [1.807, 2.05) is 36.4 Å². The van der Waals surface area contributed by atoms with E-state index in [9.17, 15) is 0 Å². The second kappa shape index (κ2) is 9.40. The van der Waals surface area contributed by atoms with Crippen LogP contribution in [0.3, 0.4) is 0 Å². The Morgan fingerprint density at radius 2 is 1.82 bits per heavy atom. The van der Waals surface area contributed by atoms with Crippen molar-refractivity contribution in [3.63, 3.8) is 0 Å². The average Bonchev–Trinajstić information content (AvgIpc) is 3.27. The molecule has 0 bridgehead atoms. The third-order valence-electron chi connectivity index (χ3n) is 6.84. The van der Waals surface area contributed by atoms with E-state index >= 15 is 0 Å². The number of halogens is 1. The lowest BCUT2D eigenvalue weighted by molar-refractivity contribution is 0.102. The van der Waals surface area contributed by atoms with Crippen LogP contribution in [0.5, 0.6) is 0 Å². The molecule has 1 saturated heterocycles. The summed E-state index contributed by atoms with van der Waals surface area (Å²) in [5.74, 6) is 1.33. The molecular formula is C28H32ClN5. The lowest BCUT2D eigenvalue weighted by atomic mass is 9.90. The van der Waals surface area contributed by atoms with Gasteiger partial charge < -0.3 is 10.3 Å². The van der Waals surface area contributed by atoms with Crippen molar-refractivity contribution in [3.8, 4) is 11.3 Å². The van der Waals surface area contributed by atoms with Gasteiger partial charge in [0.1, 0.15) is 11.5 Å². The second-order valence-corrected chi connectivity index (χ2v) is 10.6. The van der Waals surface area contributed by atoms with E-state index in [0.29, 0.717) is 10.9 Å². The van der Waals surface area contributed by atoms with E-state index in [2.05, 4.69) is 59.2 Å². The summed E-state index contributed by atoms with van der Waals surface area (Å²) in [7, 11) is 0. The molecule has 1 fully saturated rings. The fourth-order valence-corrected chi connectivity index (χ4v) is 5.12. The largest absolute Gasteiger partial charge is 0.366 e. The van der Waals surface area contributed by atoms with Crippen LogP contribution >= 0.6 is 11.6 Å². The Labute approximate surface area is 206 Å². The molecule has 3 aromatic heterocycles. The molecule has 4 heterocycles. The van der Waals surface area contributed by atoms with Gasteiger partial charge in [-0.15, -0.1) is 0 Å². The molecule has 2 N–H and O–H groups in total. The van der Waals surface area contributed by atoms with Gasteiger partial charge in [0.2, 0.25) is 0 Å². The van der Waals surface area contributed by atoms with Crippen molar-refractivity contribution in [2.75, 3.05) is 18.4 Å². The summed E-state index contributed by atoms with van der Waals surface area (Å²) in [6.45, 7) is 9.83. The molecule has 1 aromatic carbocycles. The molecule has 6 heteroatoms. The number of aromatic nitrogens is 3. The summed E-state index contributed by atoms with van der Waals surface area (Å²) in [6.07, 6.45) is 4.02. The minimum absolute atomic E-state index is 0.221. The number of piperidine rings is 1. The van der Waals surface area contributed by atoms with Crippen LogP contribution in [0.15, 0.2) is 60.8 Å². The topological polar surface area (TPSA) is 56.8 Å². The first kappa shape index (κ1) is 22.9. The van der Waals surface area contributed by atoms with E-state index in [1.165, 1.54) is 11.3 Å². The van der Waals surface area contributed by atoms with Crippen LogP contribution < -0.4 is 5.32 Å². The van der Waals surface area contributed by atoms with Crippen molar-refractivity contribution in [1.29, 1.82) is 0 Å². The number of benzene rings is 1. The molecule has 4 aromatic rings. The highest BCUT2D eigenvalue weighted by Gasteiger charge is 2.28. The maximum atomic E-state index is 6.68. The molecule has 0 spiro atoms. The number of rotatable bonds is 5. The summed E-state index contributed by atoms with van der Waals surface area (Å²) in [5.41, 5.74) is 5.34. The van der Waals surface area contributed by atoms with Gasteiger partial charge in [-0.1, -0.05) is 48.0 Å². The van der Waals surface area contributed by atoms with E-state index in [-0.39, 0.29) is 5.54 Å². The van der Waals surface area contributed by atoms with Crippen LogP contribution in [0, 0.1) is 0 Å². The Morgan fingerprint density at radius 1 is 1.06 bits per heavy atom. The van der Waals surface area contributed by atoms with Crippen molar-refractivity contribution in [3.05, 3.63) is 77.1 Å². The summed E-state index contributed by atoms with van der Waals surface area (Å²) >= 11 is 6.68. The highest BCUT2D eigenvalue weighted by atomic mass is 35.5. The monoisotopic (exact) mass is 473 g/mol. The van der Waals surface area contributed by atoms with Gasteiger partial charge in [-0.2, -0.15) is 0 Å². The van der Waals surface area contributed by atoms with E-state index in [0.717, 1.165) is 60.6 Å². The second-order valence-electron chi connectivity index (χ2n) is 10.1. The number of nitrogens with zero attached hydrogens (tertiary/aromatic N) is 3. The predicted octanol–water partition coefficient (Wildman–Crippen LogP) is 6.87. The first-order chi connectivity index (χ1) is 16.4. The standard InChI is InChI=1S/C28H32ClN5/c1-28(2,3)34-14-12-20(13-15-34)24-16-21-26(22(29)18-31-27(21)33-24)23-10-7-11-25(32-23)30-17-19-8-5-4-6-9-19/h4-11,16,18,20H,12-15,17H2,1-3H3,(H,30,32)(H,31,33). The third-order valence-corrected chi connectivity index (χ3v) is 7.12. The van der Waals surface area contributed by atoms with Crippen LogP contribution in [0.25, 0.3) is 22.3 Å². The van der Waals surface area contributed by atoms with Gasteiger partial charge in [-0.3, -0.25) is 4.90 Å². The summed E-state index contributed by atoms with van der Waals surface area (Å²) in [4.78, 5) is 15.6. The summed E-state index contributed by atoms with van der Waals surface area (Å²) in [6, 6.07) is 18.6. The Bertz CT molecular complexity index is 1270. The van der Waals surface area contributed by atoms with Crippen LogP contribution in [0.2, 0.25) is 5.02 Å². The minimum Gasteiger partial charge on any atom is -0.366 e. The SMILES string of the molecule is CC(C)(C)N1CCC(c2cc3c(-c4cccc(NCc5ccccc5)n4)c(Cl)cnc3[nH]2)CC1. The number of fused-ring (bicyclic) bond motifs is 1. The number of H-pyrrole nitrogens is 1. The van der Waals surface area contributed by atoms with Gasteiger partial charge in [0.25, 0.3) is 0 Å². The number of likely N-dealkylation sites (tertiary alicyclic amines) is 1. The zero-order valence-electron chi connectivity index (χ0n) is 20.1. The van der Waals surface area contributed by atoms with Gasteiger partial charge in [0, 0.05) is 40.8 Å². The van der Waals surface area contributed by atoms with Gasteiger partial charge in [0.15, 0.2) is 0 Å². The first-order valence-electron chi connectivity index (χ1n) is 12.1. The van der Waals surface area contributed by atoms with Gasteiger partial charge in [0.05, 0.1) is 10.7 Å². The Morgan fingerprint density at radius 3 is 2.56 bits per heavy atom. The number of aromatic amines is 1.